The zero-order valence-corrected chi connectivity index (χ0v) is 18.4. The summed E-state index contributed by atoms with van der Waals surface area (Å²) in [5.41, 5.74) is 3.48. The van der Waals surface area contributed by atoms with Gasteiger partial charge in [-0.25, -0.2) is 9.37 Å². The molecule has 5 rings (SSSR count). The molecule has 0 atom stereocenters. The van der Waals surface area contributed by atoms with Gasteiger partial charge >= 0.3 is 0 Å². The van der Waals surface area contributed by atoms with E-state index < -0.39 is 5.82 Å². The van der Waals surface area contributed by atoms with Gasteiger partial charge in [0.2, 0.25) is 0 Å². The molecule has 4 heterocycles. The van der Waals surface area contributed by atoms with Crippen molar-refractivity contribution < 1.29 is 9.18 Å². The van der Waals surface area contributed by atoms with Crippen LogP contribution < -0.4 is 15.5 Å². The molecule has 4 aromatic rings. The third-order valence-electron chi connectivity index (χ3n) is 6.14. The molecule has 3 aromatic heterocycles. The Morgan fingerprint density at radius 3 is 2.72 bits per heavy atom. The molecule has 166 valence electrons. The predicted molar refractivity (Wildman–Crippen MR) is 123 cm³/mol. The van der Waals surface area contributed by atoms with Crippen molar-refractivity contribution in [3.05, 3.63) is 53.9 Å². The van der Waals surface area contributed by atoms with Crippen LogP contribution in [-0.4, -0.2) is 51.3 Å². The lowest BCUT2D eigenvalue weighted by Gasteiger charge is -2.33. The number of carbonyl (C=O) groups is 1. The molecule has 0 unspecified atom stereocenters. The number of pyridine rings is 1. The molecule has 0 radical (unpaired) electrons. The minimum atomic E-state index is -0.487. The van der Waals surface area contributed by atoms with Crippen molar-refractivity contribution in [2.75, 3.05) is 30.4 Å². The van der Waals surface area contributed by atoms with Gasteiger partial charge in [0.15, 0.2) is 11.5 Å². The molecule has 1 aliphatic heterocycles. The highest BCUT2D eigenvalue weighted by atomic mass is 19.1. The number of nitrogens with zero attached hydrogens (tertiary/aromatic N) is 5. The Balaban J connectivity index is 1.46. The Labute approximate surface area is 185 Å². The number of aromatic nitrogens is 4. The third-order valence-corrected chi connectivity index (χ3v) is 6.14. The fourth-order valence-electron chi connectivity index (χ4n) is 4.52. The fraction of sp³-hybridized carbons (Fsp3) is 0.348. The highest BCUT2D eigenvalue weighted by Gasteiger charge is 2.23. The second-order valence-electron chi connectivity index (χ2n) is 8.39. The number of hydrogen-bond acceptors (Lipinski definition) is 5. The molecule has 1 aliphatic rings. The molecule has 1 saturated heterocycles. The number of nitrogens with one attached hydrogen (secondary N) is 2. The van der Waals surface area contributed by atoms with Crippen LogP contribution in [0.5, 0.6) is 0 Å². The Bertz CT molecular complexity index is 1320. The molecule has 9 heteroatoms. The van der Waals surface area contributed by atoms with Crippen LogP contribution in [0.3, 0.4) is 0 Å². The number of piperidine rings is 1. The topological polar surface area (TPSA) is 79.5 Å². The number of amides is 1. The summed E-state index contributed by atoms with van der Waals surface area (Å²) in [4.78, 5) is 19.6. The van der Waals surface area contributed by atoms with Crippen molar-refractivity contribution >= 4 is 33.8 Å². The summed E-state index contributed by atoms with van der Waals surface area (Å²) in [6.07, 6.45) is 7.47. The normalized spacial score (nSPS) is 15.1. The summed E-state index contributed by atoms with van der Waals surface area (Å²) >= 11 is 0. The fourth-order valence-corrected chi connectivity index (χ4v) is 4.52. The number of fused-ring (bicyclic) bond motifs is 2. The quantitative estimate of drug-likeness (QED) is 0.515. The van der Waals surface area contributed by atoms with Crippen LogP contribution in [0.2, 0.25) is 0 Å². The van der Waals surface area contributed by atoms with E-state index in [1.165, 1.54) is 6.07 Å². The first-order chi connectivity index (χ1) is 15.4. The van der Waals surface area contributed by atoms with E-state index in [2.05, 4.69) is 25.6 Å². The largest absolute Gasteiger partial charge is 0.371 e. The first-order valence-electron chi connectivity index (χ1n) is 10.8. The highest BCUT2D eigenvalue weighted by Crippen LogP contribution is 2.31. The summed E-state index contributed by atoms with van der Waals surface area (Å²) in [6, 6.07) is 5.62. The van der Waals surface area contributed by atoms with Gasteiger partial charge in [-0.2, -0.15) is 5.10 Å². The second-order valence-corrected chi connectivity index (χ2v) is 8.39. The number of benzene rings is 1. The van der Waals surface area contributed by atoms with E-state index in [1.807, 2.05) is 26.4 Å². The van der Waals surface area contributed by atoms with E-state index in [-0.39, 0.29) is 11.6 Å². The molecular formula is C23H26FN7O. The second kappa shape index (κ2) is 7.90. The molecule has 32 heavy (non-hydrogen) atoms. The molecule has 1 amide bonds. The van der Waals surface area contributed by atoms with Crippen molar-refractivity contribution in [1.82, 2.24) is 24.5 Å². The van der Waals surface area contributed by atoms with E-state index in [0.29, 0.717) is 28.5 Å². The average Bonchev–Trinajstić information content (AvgIpc) is 3.34. The van der Waals surface area contributed by atoms with Gasteiger partial charge < -0.3 is 19.9 Å². The maximum atomic E-state index is 14.4. The minimum absolute atomic E-state index is 0.235. The first kappa shape index (κ1) is 20.4. The summed E-state index contributed by atoms with van der Waals surface area (Å²) in [6.45, 7) is 3.70. The van der Waals surface area contributed by atoms with E-state index in [9.17, 15) is 9.18 Å². The summed E-state index contributed by atoms with van der Waals surface area (Å²) in [5.74, 6) is -0.816. The minimum Gasteiger partial charge on any atom is -0.371 e. The van der Waals surface area contributed by atoms with Gasteiger partial charge in [-0.3, -0.25) is 9.48 Å². The number of anilines is 2. The Hall–Kier alpha value is -3.46. The van der Waals surface area contributed by atoms with Crippen molar-refractivity contribution in [3.63, 3.8) is 0 Å². The lowest BCUT2D eigenvalue weighted by Crippen LogP contribution is -2.41. The zero-order valence-electron chi connectivity index (χ0n) is 18.4. The number of aryl methyl sites for hydroxylation is 2. The maximum absolute atomic E-state index is 14.4. The standard InChI is InChI=1S/C23H26FN7O/c1-14-11-31-12-16(10-19(24)22(31)26-14)27-23(32)17-4-5-20(18-13-29(3)28-21(17)18)30-8-6-15(25-2)7-9-30/h4-5,10-13,15,25H,6-9H2,1-3H3,(H,27,32). The van der Waals surface area contributed by atoms with Crippen LogP contribution in [0.4, 0.5) is 15.8 Å². The number of halogens is 1. The molecule has 0 bridgehead atoms. The lowest BCUT2D eigenvalue weighted by atomic mass is 10.0. The van der Waals surface area contributed by atoms with E-state index in [0.717, 1.165) is 37.0 Å². The average molecular weight is 436 g/mol. The number of rotatable bonds is 4. The number of carbonyl (C=O) groups excluding carboxylic acids is 1. The van der Waals surface area contributed by atoms with Crippen LogP contribution in [0.25, 0.3) is 16.6 Å². The first-order valence-corrected chi connectivity index (χ1v) is 10.8. The van der Waals surface area contributed by atoms with Gasteiger partial charge in [0.05, 0.1) is 16.9 Å². The zero-order chi connectivity index (χ0) is 22.4. The van der Waals surface area contributed by atoms with Gasteiger partial charge in [-0.05, 0) is 38.9 Å². The van der Waals surface area contributed by atoms with Gasteiger partial charge in [0.25, 0.3) is 5.91 Å². The van der Waals surface area contributed by atoms with Crippen LogP contribution in [-0.2, 0) is 7.05 Å². The summed E-state index contributed by atoms with van der Waals surface area (Å²) < 4.78 is 17.7. The lowest BCUT2D eigenvalue weighted by molar-refractivity contribution is 0.102. The number of hydrogen-bond donors (Lipinski definition) is 2. The van der Waals surface area contributed by atoms with Crippen molar-refractivity contribution in [3.8, 4) is 0 Å². The molecule has 1 aromatic carbocycles. The van der Waals surface area contributed by atoms with Gasteiger partial charge in [-0.1, -0.05) is 0 Å². The molecule has 1 fully saturated rings. The van der Waals surface area contributed by atoms with E-state index >= 15 is 0 Å². The van der Waals surface area contributed by atoms with Crippen LogP contribution >= 0.6 is 0 Å². The smallest absolute Gasteiger partial charge is 0.257 e. The molecule has 8 nitrogen and oxygen atoms in total. The SMILES string of the molecule is CNC1CCN(c2ccc(C(=O)Nc3cc(F)c4nc(C)cn4c3)c3nn(C)cc23)CC1. The Kier molecular flexibility index (Phi) is 5.05. The van der Waals surface area contributed by atoms with E-state index in [1.54, 1.807) is 34.5 Å². The third kappa shape index (κ3) is 3.58. The monoisotopic (exact) mass is 435 g/mol. The van der Waals surface area contributed by atoms with Gasteiger partial charge in [-0.15, -0.1) is 0 Å². The Morgan fingerprint density at radius 2 is 1.97 bits per heavy atom. The predicted octanol–water partition coefficient (Wildman–Crippen LogP) is 3.11. The molecular weight excluding hydrogens is 409 g/mol. The summed E-state index contributed by atoms with van der Waals surface area (Å²) in [5, 5.41) is 11.7. The van der Waals surface area contributed by atoms with Gasteiger partial charge in [0.1, 0.15) is 5.52 Å². The van der Waals surface area contributed by atoms with Crippen molar-refractivity contribution in [2.45, 2.75) is 25.8 Å². The molecule has 0 spiro atoms. The Morgan fingerprint density at radius 1 is 1.19 bits per heavy atom. The van der Waals surface area contributed by atoms with Gasteiger partial charge in [0, 0.05) is 61.9 Å². The van der Waals surface area contributed by atoms with Crippen molar-refractivity contribution in [1.29, 1.82) is 0 Å². The number of imidazole rings is 1. The molecule has 0 aliphatic carbocycles. The van der Waals surface area contributed by atoms with Crippen LogP contribution in [0.15, 0.2) is 36.8 Å². The highest BCUT2D eigenvalue weighted by molar-refractivity contribution is 6.13. The van der Waals surface area contributed by atoms with Crippen molar-refractivity contribution in [2.24, 2.45) is 7.05 Å². The molecule has 2 N–H and O–H groups in total. The maximum Gasteiger partial charge on any atom is 0.257 e. The van der Waals surface area contributed by atoms with Crippen LogP contribution in [0, 0.1) is 12.7 Å². The molecule has 0 saturated carbocycles. The van der Waals surface area contributed by atoms with E-state index in [4.69, 9.17) is 0 Å². The van der Waals surface area contributed by atoms with Crippen LogP contribution in [0.1, 0.15) is 28.9 Å². The summed E-state index contributed by atoms with van der Waals surface area (Å²) in [7, 11) is 3.86.